The number of aliphatic hydroxyl groups excluding tert-OH is 1. The Bertz CT molecular complexity index is 434. The molecule has 1 aliphatic rings. The highest BCUT2D eigenvalue weighted by molar-refractivity contribution is 7.98. The van der Waals surface area contributed by atoms with E-state index in [9.17, 15) is 9.90 Å². The van der Waals surface area contributed by atoms with E-state index >= 15 is 0 Å². The lowest BCUT2D eigenvalue weighted by Gasteiger charge is -2.36. The van der Waals surface area contributed by atoms with Crippen molar-refractivity contribution in [3.05, 3.63) is 6.33 Å². The molecule has 1 aromatic rings. The number of aliphatic hydroxyl groups is 1. The highest BCUT2D eigenvalue weighted by Gasteiger charge is 2.43. The minimum Gasteiger partial charge on any atom is -0.394 e. The van der Waals surface area contributed by atoms with E-state index in [1.165, 1.54) is 6.33 Å². The standard InChI is InChI=1S/C13H23N5O2S/c1-21-8-5-11(9-19)15-12(20)13(6-3-2-4-7-13)18-10-14-16-17-18/h10-11,19H,2-9H2,1H3,(H,15,20)/t11-/m0/s1. The number of hydrogen-bond donors (Lipinski definition) is 2. The maximum Gasteiger partial charge on any atom is 0.248 e. The zero-order chi connectivity index (χ0) is 15.1. The molecular weight excluding hydrogens is 290 g/mol. The van der Waals surface area contributed by atoms with Gasteiger partial charge in [-0.1, -0.05) is 19.3 Å². The molecule has 0 aliphatic heterocycles. The first kappa shape index (κ1) is 16.2. The molecule has 1 aromatic heterocycles. The van der Waals surface area contributed by atoms with Gasteiger partial charge in [-0.25, -0.2) is 4.68 Å². The first-order chi connectivity index (χ1) is 10.2. The quantitative estimate of drug-likeness (QED) is 0.764. The van der Waals surface area contributed by atoms with Crippen LogP contribution in [-0.4, -0.2) is 55.9 Å². The Kier molecular flexibility index (Phi) is 5.98. The molecule has 1 fully saturated rings. The molecule has 2 N–H and O–H groups in total. The second-order valence-electron chi connectivity index (χ2n) is 5.48. The van der Waals surface area contributed by atoms with Gasteiger partial charge in [0.15, 0.2) is 0 Å². The van der Waals surface area contributed by atoms with E-state index in [2.05, 4.69) is 20.8 Å². The van der Waals surface area contributed by atoms with Crippen LogP contribution in [0, 0.1) is 0 Å². The number of nitrogens with zero attached hydrogens (tertiary/aromatic N) is 4. The summed E-state index contributed by atoms with van der Waals surface area (Å²) in [6, 6.07) is -0.208. The number of rotatable bonds is 7. The highest BCUT2D eigenvalue weighted by atomic mass is 32.2. The molecule has 8 heteroatoms. The summed E-state index contributed by atoms with van der Waals surface area (Å²) in [7, 11) is 0. The van der Waals surface area contributed by atoms with Crippen LogP contribution in [0.4, 0.5) is 0 Å². The summed E-state index contributed by atoms with van der Waals surface area (Å²) in [6.45, 7) is -0.0437. The van der Waals surface area contributed by atoms with Crippen molar-refractivity contribution in [1.82, 2.24) is 25.5 Å². The van der Waals surface area contributed by atoms with Gasteiger partial charge in [0.25, 0.3) is 0 Å². The fourth-order valence-electron chi connectivity index (χ4n) is 2.84. The normalized spacial score (nSPS) is 19.1. The average molecular weight is 313 g/mol. The van der Waals surface area contributed by atoms with Gasteiger partial charge in [-0.15, -0.1) is 5.10 Å². The van der Waals surface area contributed by atoms with Gasteiger partial charge >= 0.3 is 0 Å². The number of thioether (sulfide) groups is 1. The number of carbonyl (C=O) groups excluding carboxylic acids is 1. The molecule has 1 saturated carbocycles. The van der Waals surface area contributed by atoms with Gasteiger partial charge in [0.1, 0.15) is 11.9 Å². The Morgan fingerprint density at radius 3 is 2.81 bits per heavy atom. The third-order valence-corrected chi connectivity index (χ3v) is 4.76. The highest BCUT2D eigenvalue weighted by Crippen LogP contribution is 2.34. The van der Waals surface area contributed by atoms with Crippen LogP contribution in [0.5, 0.6) is 0 Å². The van der Waals surface area contributed by atoms with Crippen molar-refractivity contribution in [2.75, 3.05) is 18.6 Å². The molecule has 2 rings (SSSR count). The largest absolute Gasteiger partial charge is 0.394 e. The lowest BCUT2D eigenvalue weighted by Crippen LogP contribution is -2.53. The number of carbonyl (C=O) groups is 1. The van der Waals surface area contributed by atoms with Crippen molar-refractivity contribution in [3.8, 4) is 0 Å². The lowest BCUT2D eigenvalue weighted by molar-refractivity contribution is -0.133. The molecule has 0 radical (unpaired) electrons. The molecule has 0 unspecified atom stereocenters. The summed E-state index contributed by atoms with van der Waals surface area (Å²) < 4.78 is 1.59. The second-order valence-corrected chi connectivity index (χ2v) is 6.47. The van der Waals surface area contributed by atoms with Gasteiger partial charge < -0.3 is 10.4 Å². The number of aromatic nitrogens is 4. The summed E-state index contributed by atoms with van der Waals surface area (Å²) in [6.07, 6.45) is 8.88. The summed E-state index contributed by atoms with van der Waals surface area (Å²) >= 11 is 1.70. The second kappa shape index (κ2) is 7.74. The lowest BCUT2D eigenvalue weighted by atomic mass is 9.81. The fraction of sp³-hybridized carbons (Fsp3) is 0.846. The molecule has 0 spiro atoms. The smallest absolute Gasteiger partial charge is 0.248 e. The van der Waals surface area contributed by atoms with Crippen molar-refractivity contribution >= 4 is 17.7 Å². The van der Waals surface area contributed by atoms with Crippen LogP contribution in [0.25, 0.3) is 0 Å². The van der Waals surface area contributed by atoms with Crippen LogP contribution in [0.3, 0.4) is 0 Å². The maximum atomic E-state index is 12.8. The molecule has 1 amide bonds. The van der Waals surface area contributed by atoms with E-state index in [0.29, 0.717) is 0 Å². The van der Waals surface area contributed by atoms with Crippen molar-refractivity contribution < 1.29 is 9.90 Å². The van der Waals surface area contributed by atoms with Crippen LogP contribution in [0.2, 0.25) is 0 Å². The predicted molar refractivity (Wildman–Crippen MR) is 80.9 cm³/mol. The first-order valence-corrected chi connectivity index (χ1v) is 8.76. The molecule has 0 aromatic carbocycles. The molecule has 118 valence electrons. The van der Waals surface area contributed by atoms with Crippen molar-refractivity contribution in [3.63, 3.8) is 0 Å². The number of hydrogen-bond acceptors (Lipinski definition) is 6. The van der Waals surface area contributed by atoms with Crippen LogP contribution >= 0.6 is 11.8 Å². The molecule has 7 nitrogen and oxygen atoms in total. The van der Waals surface area contributed by atoms with Gasteiger partial charge in [0.2, 0.25) is 5.91 Å². The molecule has 0 bridgehead atoms. The van der Waals surface area contributed by atoms with E-state index in [0.717, 1.165) is 44.3 Å². The minimum absolute atomic E-state index is 0.0437. The van der Waals surface area contributed by atoms with Crippen molar-refractivity contribution in [2.45, 2.75) is 50.1 Å². The van der Waals surface area contributed by atoms with Crippen LogP contribution in [0.15, 0.2) is 6.33 Å². The van der Waals surface area contributed by atoms with Gasteiger partial charge in [-0.3, -0.25) is 4.79 Å². The summed E-state index contributed by atoms with van der Waals surface area (Å²) in [5.74, 6) is 0.832. The zero-order valence-corrected chi connectivity index (χ0v) is 13.2. The predicted octanol–water partition coefficient (Wildman–Crippen LogP) is 0.563. The Labute approximate surface area is 128 Å². The first-order valence-electron chi connectivity index (χ1n) is 7.37. The molecule has 1 atom stereocenters. The van der Waals surface area contributed by atoms with E-state index in [-0.39, 0.29) is 18.6 Å². The SMILES string of the molecule is CSCC[C@@H](CO)NC(=O)C1(n2cnnn2)CCCCC1. The van der Waals surface area contributed by atoms with E-state index in [1.807, 2.05) is 6.26 Å². The Morgan fingerprint density at radius 1 is 1.48 bits per heavy atom. The molecular formula is C13H23N5O2S. The van der Waals surface area contributed by atoms with E-state index in [1.54, 1.807) is 16.4 Å². The molecule has 0 saturated heterocycles. The number of tetrazole rings is 1. The number of amides is 1. The average Bonchev–Trinajstić information content (AvgIpc) is 3.06. The fourth-order valence-corrected chi connectivity index (χ4v) is 3.36. The Morgan fingerprint density at radius 2 is 2.24 bits per heavy atom. The minimum atomic E-state index is -0.700. The van der Waals surface area contributed by atoms with Gasteiger partial charge in [-0.2, -0.15) is 11.8 Å². The topological polar surface area (TPSA) is 92.9 Å². The van der Waals surface area contributed by atoms with Crippen LogP contribution < -0.4 is 5.32 Å². The third-order valence-electron chi connectivity index (χ3n) is 4.12. The van der Waals surface area contributed by atoms with E-state index in [4.69, 9.17) is 0 Å². The summed E-state index contributed by atoms with van der Waals surface area (Å²) in [5.41, 5.74) is -0.700. The molecule has 1 heterocycles. The summed E-state index contributed by atoms with van der Waals surface area (Å²) in [4.78, 5) is 12.8. The number of nitrogens with one attached hydrogen (secondary N) is 1. The molecule has 1 aliphatic carbocycles. The maximum absolute atomic E-state index is 12.8. The van der Waals surface area contributed by atoms with Crippen molar-refractivity contribution in [2.24, 2.45) is 0 Å². The van der Waals surface area contributed by atoms with E-state index < -0.39 is 5.54 Å². The van der Waals surface area contributed by atoms with Crippen LogP contribution in [-0.2, 0) is 10.3 Å². The summed E-state index contributed by atoms with van der Waals surface area (Å²) in [5, 5.41) is 23.7. The zero-order valence-electron chi connectivity index (χ0n) is 12.4. The van der Waals surface area contributed by atoms with Crippen LogP contribution in [0.1, 0.15) is 38.5 Å². The van der Waals surface area contributed by atoms with Gasteiger partial charge in [-0.05, 0) is 41.7 Å². The Hall–Kier alpha value is -1.15. The third kappa shape index (κ3) is 3.74. The van der Waals surface area contributed by atoms with Gasteiger partial charge in [0, 0.05) is 0 Å². The Balaban J connectivity index is 2.11. The van der Waals surface area contributed by atoms with Crippen molar-refractivity contribution in [1.29, 1.82) is 0 Å². The molecule has 21 heavy (non-hydrogen) atoms. The monoisotopic (exact) mass is 313 g/mol. The van der Waals surface area contributed by atoms with Gasteiger partial charge in [0.05, 0.1) is 12.6 Å².